The third-order valence-corrected chi connectivity index (χ3v) is 6.22. The molecule has 1 aliphatic rings. The largest absolute Gasteiger partial charge is 0.471 e. The minimum absolute atomic E-state index is 0.125. The molecule has 0 radical (unpaired) electrons. The predicted octanol–water partition coefficient (Wildman–Crippen LogP) is 5.66. The Hall–Kier alpha value is -3.86. The summed E-state index contributed by atoms with van der Waals surface area (Å²) < 4.78 is 75.7. The van der Waals surface area contributed by atoms with E-state index in [9.17, 15) is 35.9 Å². The van der Waals surface area contributed by atoms with Crippen LogP contribution in [0.25, 0.3) is 11.1 Å². The highest BCUT2D eigenvalue weighted by atomic mass is 19.4. The van der Waals surface area contributed by atoms with Crippen molar-refractivity contribution in [3.05, 3.63) is 89.0 Å². The second kappa shape index (κ2) is 10.9. The number of rotatable bonds is 6. The van der Waals surface area contributed by atoms with Gasteiger partial charge < -0.3 is 10.6 Å². The van der Waals surface area contributed by atoms with Gasteiger partial charge in [-0.25, -0.2) is 0 Å². The predicted molar refractivity (Wildman–Crippen MR) is 129 cm³/mol. The van der Waals surface area contributed by atoms with Gasteiger partial charge in [0.05, 0.1) is 5.56 Å². The SMILES string of the molecule is O=C(Nc1ccc2c(c1)CCN(CCNC(=O)C(F)(F)F)C2)c1ccccc1-c1ccc(C(F)(F)F)cc1. The van der Waals surface area contributed by atoms with Crippen molar-refractivity contribution in [2.24, 2.45) is 0 Å². The zero-order valence-corrected chi connectivity index (χ0v) is 19.9. The number of hydrogen-bond acceptors (Lipinski definition) is 3. The fourth-order valence-electron chi connectivity index (χ4n) is 4.28. The van der Waals surface area contributed by atoms with Crippen molar-refractivity contribution in [2.75, 3.05) is 25.0 Å². The molecule has 0 saturated carbocycles. The first kappa shape index (κ1) is 27.2. The highest BCUT2D eigenvalue weighted by molar-refractivity contribution is 6.08. The first-order chi connectivity index (χ1) is 17.9. The van der Waals surface area contributed by atoms with Crippen LogP contribution in [0.2, 0.25) is 0 Å². The second-order valence-electron chi connectivity index (χ2n) is 8.84. The van der Waals surface area contributed by atoms with Crippen LogP contribution in [0, 0.1) is 0 Å². The molecule has 11 heteroatoms. The summed E-state index contributed by atoms with van der Waals surface area (Å²) in [6.45, 7) is 1.20. The number of carbonyl (C=O) groups excluding carboxylic acids is 2. The summed E-state index contributed by atoms with van der Waals surface area (Å²) in [7, 11) is 0. The van der Waals surface area contributed by atoms with Crippen LogP contribution in [-0.4, -0.2) is 42.5 Å². The average molecular weight is 535 g/mol. The highest BCUT2D eigenvalue weighted by Crippen LogP contribution is 2.32. The Morgan fingerprint density at radius 3 is 2.26 bits per heavy atom. The van der Waals surface area contributed by atoms with Gasteiger partial charge in [0.15, 0.2) is 0 Å². The third-order valence-electron chi connectivity index (χ3n) is 6.22. The number of benzene rings is 3. The second-order valence-corrected chi connectivity index (χ2v) is 8.84. The van der Waals surface area contributed by atoms with Crippen LogP contribution in [0.15, 0.2) is 66.7 Å². The maximum absolute atomic E-state index is 13.1. The van der Waals surface area contributed by atoms with E-state index in [4.69, 9.17) is 0 Å². The molecule has 200 valence electrons. The topological polar surface area (TPSA) is 61.4 Å². The molecule has 0 bridgehead atoms. The normalized spacial score (nSPS) is 14.1. The van der Waals surface area contributed by atoms with E-state index in [1.165, 1.54) is 12.1 Å². The molecule has 5 nitrogen and oxygen atoms in total. The molecule has 0 aliphatic carbocycles. The maximum Gasteiger partial charge on any atom is 0.471 e. The standard InChI is InChI=1S/C27H23F6N3O2/c28-26(29,30)20-8-5-17(6-9-20)22-3-1-2-4-23(22)24(37)35-21-10-7-19-16-36(13-11-18(19)15-21)14-12-34-25(38)27(31,32)33/h1-10,15H,11-14,16H2,(H,34,38)(H,35,37). The van der Waals surface area contributed by atoms with Crippen molar-refractivity contribution in [3.8, 4) is 11.1 Å². The van der Waals surface area contributed by atoms with E-state index in [0.29, 0.717) is 41.9 Å². The Labute approximate surface area is 214 Å². The number of amides is 2. The Morgan fingerprint density at radius 2 is 1.58 bits per heavy atom. The van der Waals surface area contributed by atoms with E-state index in [1.54, 1.807) is 30.3 Å². The third kappa shape index (κ3) is 6.52. The quantitative estimate of drug-likeness (QED) is 0.401. The molecule has 3 aromatic rings. The highest BCUT2D eigenvalue weighted by Gasteiger charge is 2.38. The van der Waals surface area contributed by atoms with E-state index < -0.39 is 29.7 Å². The van der Waals surface area contributed by atoms with E-state index in [2.05, 4.69) is 5.32 Å². The van der Waals surface area contributed by atoms with Gasteiger partial charge in [-0.15, -0.1) is 0 Å². The zero-order valence-electron chi connectivity index (χ0n) is 19.9. The smallest absolute Gasteiger partial charge is 0.347 e. The molecule has 38 heavy (non-hydrogen) atoms. The molecule has 0 spiro atoms. The van der Waals surface area contributed by atoms with Crippen LogP contribution >= 0.6 is 0 Å². The number of nitrogens with one attached hydrogen (secondary N) is 2. The summed E-state index contributed by atoms with van der Waals surface area (Å²) >= 11 is 0. The van der Waals surface area contributed by atoms with Gasteiger partial charge in [-0.3, -0.25) is 14.5 Å². The number of halogens is 6. The summed E-state index contributed by atoms with van der Waals surface area (Å²) in [5.41, 5.74) is 2.97. The van der Waals surface area contributed by atoms with Gasteiger partial charge >= 0.3 is 18.3 Å². The van der Waals surface area contributed by atoms with Crippen LogP contribution in [0.5, 0.6) is 0 Å². The van der Waals surface area contributed by atoms with Crippen molar-refractivity contribution < 1.29 is 35.9 Å². The van der Waals surface area contributed by atoms with E-state index in [1.807, 2.05) is 22.3 Å². The molecule has 1 aliphatic heterocycles. The van der Waals surface area contributed by atoms with Gasteiger partial charge in [0.2, 0.25) is 0 Å². The lowest BCUT2D eigenvalue weighted by atomic mass is 9.97. The molecular weight excluding hydrogens is 512 g/mol. The number of anilines is 1. The molecular formula is C27H23F6N3O2. The summed E-state index contributed by atoms with van der Waals surface area (Å²) in [5, 5.41) is 4.70. The van der Waals surface area contributed by atoms with E-state index >= 15 is 0 Å². The Kier molecular flexibility index (Phi) is 7.77. The van der Waals surface area contributed by atoms with Gasteiger partial charge in [-0.05, 0) is 59.0 Å². The van der Waals surface area contributed by atoms with E-state index in [-0.39, 0.29) is 13.1 Å². The lowest BCUT2D eigenvalue weighted by molar-refractivity contribution is -0.173. The summed E-state index contributed by atoms with van der Waals surface area (Å²) in [6.07, 6.45) is -8.76. The fraction of sp³-hybridized carbons (Fsp3) is 0.259. The maximum atomic E-state index is 13.1. The molecule has 2 N–H and O–H groups in total. The minimum Gasteiger partial charge on any atom is -0.347 e. The first-order valence-corrected chi connectivity index (χ1v) is 11.7. The molecule has 0 aromatic heterocycles. The minimum atomic E-state index is -4.91. The summed E-state index contributed by atoms with van der Waals surface area (Å²) in [5.74, 6) is -2.38. The van der Waals surface area contributed by atoms with Crippen LogP contribution in [0.1, 0.15) is 27.0 Å². The van der Waals surface area contributed by atoms with Crippen LogP contribution in [0.4, 0.5) is 32.0 Å². The first-order valence-electron chi connectivity index (χ1n) is 11.7. The van der Waals surface area contributed by atoms with E-state index in [0.717, 1.165) is 23.3 Å². The van der Waals surface area contributed by atoms with Gasteiger partial charge in [0, 0.05) is 37.4 Å². The number of fused-ring (bicyclic) bond motifs is 1. The van der Waals surface area contributed by atoms with Crippen molar-refractivity contribution in [3.63, 3.8) is 0 Å². The zero-order chi connectivity index (χ0) is 27.5. The molecule has 0 unspecified atom stereocenters. The molecule has 0 saturated heterocycles. The lowest BCUT2D eigenvalue weighted by Gasteiger charge is -2.29. The number of carbonyl (C=O) groups is 2. The summed E-state index contributed by atoms with van der Waals surface area (Å²) in [4.78, 5) is 26.0. The van der Waals surface area contributed by atoms with Gasteiger partial charge in [-0.2, -0.15) is 26.3 Å². The average Bonchev–Trinajstić information content (AvgIpc) is 2.87. The van der Waals surface area contributed by atoms with Gasteiger partial charge in [-0.1, -0.05) is 36.4 Å². The molecule has 0 fully saturated rings. The number of hydrogen-bond donors (Lipinski definition) is 2. The van der Waals surface area contributed by atoms with Gasteiger partial charge in [0.25, 0.3) is 5.91 Å². The molecule has 4 rings (SSSR count). The number of alkyl halides is 6. The lowest BCUT2D eigenvalue weighted by Crippen LogP contribution is -2.42. The molecule has 1 heterocycles. The van der Waals surface area contributed by atoms with Crippen molar-refractivity contribution in [1.82, 2.24) is 10.2 Å². The van der Waals surface area contributed by atoms with Crippen molar-refractivity contribution in [2.45, 2.75) is 25.3 Å². The number of nitrogens with zero attached hydrogens (tertiary/aromatic N) is 1. The molecule has 2 amide bonds. The van der Waals surface area contributed by atoms with Gasteiger partial charge in [0.1, 0.15) is 0 Å². The van der Waals surface area contributed by atoms with Crippen molar-refractivity contribution >= 4 is 17.5 Å². The fourth-order valence-corrected chi connectivity index (χ4v) is 4.28. The van der Waals surface area contributed by atoms with Crippen LogP contribution in [0.3, 0.4) is 0 Å². The Bertz CT molecular complexity index is 1320. The van der Waals surface area contributed by atoms with Crippen LogP contribution < -0.4 is 10.6 Å². The van der Waals surface area contributed by atoms with Crippen LogP contribution in [-0.2, 0) is 23.9 Å². The van der Waals surface area contributed by atoms with Crippen molar-refractivity contribution in [1.29, 1.82) is 0 Å². The summed E-state index contributed by atoms with van der Waals surface area (Å²) in [6, 6.07) is 16.6. The Morgan fingerprint density at radius 1 is 0.868 bits per heavy atom. The molecule has 3 aromatic carbocycles. The monoisotopic (exact) mass is 535 g/mol. The molecule has 0 atom stereocenters. The Balaban J connectivity index is 1.41.